The van der Waals surface area contributed by atoms with Gasteiger partial charge in [-0.2, -0.15) is 0 Å². The quantitative estimate of drug-likeness (QED) is 0.493. The van der Waals surface area contributed by atoms with Crippen molar-refractivity contribution in [1.82, 2.24) is 4.98 Å². The molecule has 138 valence electrons. The highest BCUT2D eigenvalue weighted by atomic mass is 32.1. The molecule has 1 amide bonds. The maximum absolute atomic E-state index is 12.3. The minimum atomic E-state index is -0.528. The molecule has 1 heterocycles. The number of hydrogen-bond donors (Lipinski definition) is 1. The number of anilines is 1. The fourth-order valence-corrected chi connectivity index (χ4v) is 3.25. The summed E-state index contributed by atoms with van der Waals surface area (Å²) in [5, 5.41) is 15.9. The van der Waals surface area contributed by atoms with Crippen molar-refractivity contribution >= 4 is 28.1 Å². The Labute approximate surface area is 161 Å². The lowest BCUT2D eigenvalue weighted by atomic mass is 9.86. The van der Waals surface area contributed by atoms with Crippen LogP contribution in [0.25, 0.3) is 11.3 Å². The Morgan fingerprint density at radius 2 is 1.85 bits per heavy atom. The van der Waals surface area contributed by atoms with Crippen LogP contribution in [0, 0.1) is 10.1 Å². The number of benzene rings is 2. The summed E-state index contributed by atoms with van der Waals surface area (Å²) in [6, 6.07) is 13.8. The average molecular weight is 381 g/mol. The minimum Gasteiger partial charge on any atom is -0.298 e. The fraction of sp³-hybridized carbons (Fsp3) is 0.200. The minimum absolute atomic E-state index is 0.0814. The Balaban J connectivity index is 1.75. The van der Waals surface area contributed by atoms with E-state index in [-0.39, 0.29) is 16.7 Å². The summed E-state index contributed by atoms with van der Waals surface area (Å²) < 4.78 is 0. The zero-order chi connectivity index (χ0) is 19.6. The number of nitro groups is 1. The number of rotatable bonds is 4. The van der Waals surface area contributed by atoms with E-state index in [4.69, 9.17) is 0 Å². The van der Waals surface area contributed by atoms with Crippen LogP contribution in [0.2, 0.25) is 0 Å². The molecule has 0 bridgehead atoms. The third kappa shape index (κ3) is 4.38. The molecule has 3 aromatic rings. The first-order valence-corrected chi connectivity index (χ1v) is 9.24. The van der Waals surface area contributed by atoms with E-state index >= 15 is 0 Å². The number of non-ortho nitro benzene ring substituents is 1. The number of amides is 1. The van der Waals surface area contributed by atoms with Gasteiger partial charge >= 0.3 is 0 Å². The maximum atomic E-state index is 12.3. The molecule has 0 fully saturated rings. The Morgan fingerprint density at radius 1 is 1.15 bits per heavy atom. The highest BCUT2D eigenvalue weighted by Crippen LogP contribution is 2.28. The first-order valence-electron chi connectivity index (χ1n) is 8.36. The molecule has 2 aromatic carbocycles. The van der Waals surface area contributed by atoms with Gasteiger partial charge in [0.15, 0.2) is 5.13 Å². The van der Waals surface area contributed by atoms with E-state index in [1.54, 1.807) is 0 Å². The summed E-state index contributed by atoms with van der Waals surface area (Å²) in [4.78, 5) is 27.1. The number of carbonyl (C=O) groups is 1. The monoisotopic (exact) mass is 381 g/mol. The van der Waals surface area contributed by atoms with Gasteiger partial charge in [-0.05, 0) is 17.0 Å². The van der Waals surface area contributed by atoms with E-state index in [2.05, 4.69) is 43.2 Å². The number of thiazole rings is 1. The van der Waals surface area contributed by atoms with Crippen LogP contribution in [0.15, 0.2) is 53.9 Å². The maximum Gasteiger partial charge on any atom is 0.270 e. The topological polar surface area (TPSA) is 85.1 Å². The second kappa shape index (κ2) is 7.28. The summed E-state index contributed by atoms with van der Waals surface area (Å²) in [6.45, 7) is 6.48. The Morgan fingerprint density at radius 3 is 2.48 bits per heavy atom. The van der Waals surface area contributed by atoms with Crippen molar-refractivity contribution in [2.75, 3.05) is 5.32 Å². The number of hydrogen-bond acceptors (Lipinski definition) is 5. The van der Waals surface area contributed by atoms with Gasteiger partial charge in [0.2, 0.25) is 0 Å². The van der Waals surface area contributed by atoms with Crippen molar-refractivity contribution in [2.45, 2.75) is 26.2 Å². The van der Waals surface area contributed by atoms with Crippen LogP contribution in [0.5, 0.6) is 0 Å². The number of aromatic nitrogens is 1. The summed E-state index contributed by atoms with van der Waals surface area (Å²) in [5.41, 5.74) is 3.15. The Bertz CT molecular complexity index is 988. The largest absolute Gasteiger partial charge is 0.298 e. The van der Waals surface area contributed by atoms with Gasteiger partial charge < -0.3 is 0 Å². The van der Waals surface area contributed by atoms with E-state index in [0.717, 1.165) is 11.3 Å². The summed E-state index contributed by atoms with van der Waals surface area (Å²) in [6.07, 6.45) is 0. The van der Waals surface area contributed by atoms with E-state index in [1.807, 2.05) is 17.5 Å². The van der Waals surface area contributed by atoms with Gasteiger partial charge in [-0.1, -0.05) is 51.1 Å². The van der Waals surface area contributed by atoms with Crippen molar-refractivity contribution in [1.29, 1.82) is 0 Å². The van der Waals surface area contributed by atoms with Crippen LogP contribution in [-0.2, 0) is 5.41 Å². The van der Waals surface area contributed by atoms with Gasteiger partial charge in [-0.15, -0.1) is 11.3 Å². The molecule has 3 rings (SSSR count). The first-order chi connectivity index (χ1) is 12.7. The zero-order valence-electron chi connectivity index (χ0n) is 15.2. The van der Waals surface area contributed by atoms with E-state index in [0.29, 0.717) is 5.13 Å². The van der Waals surface area contributed by atoms with E-state index in [9.17, 15) is 14.9 Å². The highest BCUT2D eigenvalue weighted by molar-refractivity contribution is 7.14. The van der Waals surface area contributed by atoms with Crippen molar-refractivity contribution < 1.29 is 9.72 Å². The lowest BCUT2D eigenvalue weighted by Gasteiger charge is -2.18. The van der Waals surface area contributed by atoms with Crippen molar-refractivity contribution in [2.24, 2.45) is 0 Å². The van der Waals surface area contributed by atoms with Gasteiger partial charge in [0.25, 0.3) is 11.6 Å². The predicted octanol–water partition coefficient (Wildman–Crippen LogP) is 5.27. The summed E-state index contributed by atoms with van der Waals surface area (Å²) >= 11 is 1.31. The third-order valence-electron chi connectivity index (χ3n) is 4.09. The smallest absolute Gasteiger partial charge is 0.270 e. The molecule has 0 aliphatic carbocycles. The van der Waals surface area contributed by atoms with E-state index < -0.39 is 10.8 Å². The molecule has 0 saturated heterocycles. The number of nitrogens with zero attached hydrogens (tertiary/aromatic N) is 2. The normalized spacial score (nSPS) is 11.2. The molecular weight excluding hydrogens is 362 g/mol. The Hall–Kier alpha value is -3.06. The van der Waals surface area contributed by atoms with Crippen LogP contribution in [-0.4, -0.2) is 15.8 Å². The van der Waals surface area contributed by atoms with Crippen LogP contribution in [0.3, 0.4) is 0 Å². The molecule has 0 radical (unpaired) electrons. The number of nitrogens with one attached hydrogen (secondary N) is 1. The van der Waals surface area contributed by atoms with Crippen LogP contribution < -0.4 is 5.32 Å². The summed E-state index contributed by atoms with van der Waals surface area (Å²) in [7, 11) is 0. The molecule has 27 heavy (non-hydrogen) atoms. The average Bonchev–Trinajstić information content (AvgIpc) is 3.09. The lowest BCUT2D eigenvalue weighted by molar-refractivity contribution is -0.384. The van der Waals surface area contributed by atoms with Gasteiger partial charge in [-0.3, -0.25) is 20.2 Å². The molecule has 0 atom stereocenters. The molecule has 1 N–H and O–H groups in total. The van der Waals surface area contributed by atoms with Gasteiger partial charge in [0, 0.05) is 28.6 Å². The molecule has 7 heteroatoms. The van der Waals surface area contributed by atoms with E-state index in [1.165, 1.54) is 41.2 Å². The highest BCUT2D eigenvalue weighted by Gasteiger charge is 2.15. The number of carbonyl (C=O) groups excluding carboxylic acids is 1. The van der Waals surface area contributed by atoms with Crippen molar-refractivity contribution in [3.8, 4) is 11.3 Å². The number of nitro benzene ring substituents is 1. The molecule has 0 aliphatic rings. The second-order valence-electron chi connectivity index (χ2n) is 7.13. The lowest BCUT2D eigenvalue weighted by Crippen LogP contribution is -2.12. The molecular formula is C20H19N3O3S. The van der Waals surface area contributed by atoms with Gasteiger partial charge in [0.1, 0.15) is 0 Å². The Kier molecular flexibility index (Phi) is 5.05. The van der Waals surface area contributed by atoms with Gasteiger partial charge in [0.05, 0.1) is 10.6 Å². The third-order valence-corrected chi connectivity index (χ3v) is 4.85. The first kappa shape index (κ1) is 18.7. The molecule has 0 spiro atoms. The zero-order valence-corrected chi connectivity index (χ0v) is 16.0. The summed E-state index contributed by atoms with van der Waals surface area (Å²) in [5.74, 6) is -0.428. The predicted molar refractivity (Wildman–Crippen MR) is 107 cm³/mol. The molecule has 0 saturated carbocycles. The van der Waals surface area contributed by atoms with Crippen LogP contribution >= 0.6 is 11.3 Å². The van der Waals surface area contributed by atoms with Crippen molar-refractivity contribution in [3.63, 3.8) is 0 Å². The molecule has 0 aliphatic heterocycles. The molecule has 0 unspecified atom stereocenters. The van der Waals surface area contributed by atoms with Gasteiger partial charge in [-0.25, -0.2) is 4.98 Å². The standard InChI is InChI=1S/C20H19N3O3S/c1-20(2,3)15-9-7-13(8-10-15)17-12-27-19(21-17)22-18(24)14-5-4-6-16(11-14)23(25)26/h4-12H,1-3H3,(H,21,22,24). The van der Waals surface area contributed by atoms with Crippen LogP contribution in [0.4, 0.5) is 10.8 Å². The van der Waals surface area contributed by atoms with Crippen molar-refractivity contribution in [3.05, 3.63) is 75.2 Å². The molecule has 6 nitrogen and oxygen atoms in total. The SMILES string of the molecule is CC(C)(C)c1ccc(-c2csc(NC(=O)c3cccc([N+](=O)[O-])c3)n2)cc1. The molecule has 1 aromatic heterocycles. The fourth-order valence-electron chi connectivity index (χ4n) is 2.53. The second-order valence-corrected chi connectivity index (χ2v) is 7.98. The van der Waals surface area contributed by atoms with Crippen LogP contribution in [0.1, 0.15) is 36.7 Å².